The highest BCUT2D eigenvalue weighted by Crippen LogP contribution is 2.22. The topological polar surface area (TPSA) is 42.4 Å². The van der Waals surface area contributed by atoms with Crippen molar-refractivity contribution in [2.24, 2.45) is 0 Å². The number of hydrogen-bond donors (Lipinski definition) is 0. The molecule has 1 amide bonds. The molecule has 0 aliphatic carbocycles. The van der Waals surface area contributed by atoms with Gasteiger partial charge in [-0.1, -0.05) is 29.8 Å². The van der Waals surface area contributed by atoms with E-state index in [-0.39, 0.29) is 12.0 Å². The van der Waals surface area contributed by atoms with E-state index in [2.05, 4.69) is 4.98 Å². The van der Waals surface area contributed by atoms with E-state index in [1.807, 2.05) is 31.2 Å². The van der Waals surface area contributed by atoms with E-state index in [1.165, 1.54) is 0 Å². The Kier molecular flexibility index (Phi) is 4.29. The Hall–Kier alpha value is -2.07. The van der Waals surface area contributed by atoms with Gasteiger partial charge in [0.05, 0.1) is 17.1 Å². The molecule has 0 radical (unpaired) electrons. The Balaban J connectivity index is 1.63. The molecule has 0 spiro atoms. The number of aromatic nitrogens is 1. The van der Waals surface area contributed by atoms with Crippen molar-refractivity contribution < 1.29 is 9.53 Å². The highest BCUT2D eigenvalue weighted by atomic mass is 35.5. The van der Waals surface area contributed by atoms with E-state index in [9.17, 15) is 4.79 Å². The number of likely N-dealkylation sites (tertiary alicyclic amines) is 1. The number of ether oxygens (including phenoxy) is 1. The molecule has 1 fully saturated rings. The maximum absolute atomic E-state index is 12.5. The van der Waals surface area contributed by atoms with Gasteiger partial charge in [-0.3, -0.25) is 4.79 Å². The van der Waals surface area contributed by atoms with Crippen molar-refractivity contribution in [3.63, 3.8) is 0 Å². The van der Waals surface area contributed by atoms with Crippen LogP contribution in [0.2, 0.25) is 5.02 Å². The standard InChI is InChI=1S/C17H17ClN2O2/c1-12-6-7-16(19-10-12)22-13-8-9-20(11-13)17(21)14-4-2-3-5-15(14)18/h2-7,10,13H,8-9,11H2,1H3. The second-order valence-corrected chi connectivity index (χ2v) is 5.84. The minimum absolute atomic E-state index is 0.0263. The summed E-state index contributed by atoms with van der Waals surface area (Å²) in [5.74, 6) is 0.552. The number of halogens is 1. The molecule has 114 valence electrons. The molecule has 1 unspecified atom stereocenters. The summed E-state index contributed by atoms with van der Waals surface area (Å²) in [6, 6.07) is 10.9. The Morgan fingerprint density at radius 2 is 2.14 bits per heavy atom. The van der Waals surface area contributed by atoms with Gasteiger partial charge in [0.15, 0.2) is 0 Å². The Morgan fingerprint density at radius 1 is 1.32 bits per heavy atom. The van der Waals surface area contributed by atoms with E-state index in [4.69, 9.17) is 16.3 Å². The number of rotatable bonds is 3. The summed E-state index contributed by atoms with van der Waals surface area (Å²) in [6.45, 7) is 3.20. The number of pyridine rings is 1. The fourth-order valence-electron chi connectivity index (χ4n) is 2.51. The van der Waals surface area contributed by atoms with Gasteiger partial charge < -0.3 is 9.64 Å². The van der Waals surface area contributed by atoms with Gasteiger partial charge >= 0.3 is 0 Å². The van der Waals surface area contributed by atoms with Gasteiger partial charge in [-0.15, -0.1) is 0 Å². The molecule has 0 saturated carbocycles. The molecule has 1 aliphatic heterocycles. The summed E-state index contributed by atoms with van der Waals surface area (Å²) in [5, 5.41) is 0.483. The molecule has 2 heterocycles. The first-order valence-electron chi connectivity index (χ1n) is 7.26. The molecule has 1 aromatic heterocycles. The first-order chi connectivity index (χ1) is 10.6. The quantitative estimate of drug-likeness (QED) is 0.872. The van der Waals surface area contributed by atoms with E-state index < -0.39 is 0 Å². The number of nitrogens with zero attached hydrogens (tertiary/aromatic N) is 2. The smallest absolute Gasteiger partial charge is 0.255 e. The number of hydrogen-bond acceptors (Lipinski definition) is 3. The third-order valence-electron chi connectivity index (χ3n) is 3.71. The second-order valence-electron chi connectivity index (χ2n) is 5.43. The average molecular weight is 317 g/mol. The molecule has 1 saturated heterocycles. The highest BCUT2D eigenvalue weighted by Gasteiger charge is 2.29. The summed E-state index contributed by atoms with van der Waals surface area (Å²) in [5.41, 5.74) is 1.63. The van der Waals surface area contributed by atoms with E-state index in [1.54, 1.807) is 23.2 Å². The van der Waals surface area contributed by atoms with Gasteiger partial charge in [0.2, 0.25) is 5.88 Å². The lowest BCUT2D eigenvalue weighted by atomic mass is 10.2. The highest BCUT2D eigenvalue weighted by molar-refractivity contribution is 6.33. The van der Waals surface area contributed by atoms with Crippen LogP contribution in [0.25, 0.3) is 0 Å². The fourth-order valence-corrected chi connectivity index (χ4v) is 2.73. The monoisotopic (exact) mass is 316 g/mol. The van der Waals surface area contributed by atoms with Gasteiger partial charge in [0, 0.05) is 25.2 Å². The maximum atomic E-state index is 12.5. The molecule has 22 heavy (non-hydrogen) atoms. The summed E-state index contributed by atoms with van der Waals surface area (Å²) in [4.78, 5) is 18.5. The van der Waals surface area contributed by atoms with Crippen molar-refractivity contribution >= 4 is 17.5 Å². The Labute approximate surface area is 134 Å². The van der Waals surface area contributed by atoms with Crippen molar-refractivity contribution in [3.05, 3.63) is 58.7 Å². The molecule has 2 aromatic rings. The largest absolute Gasteiger partial charge is 0.472 e. The third kappa shape index (κ3) is 3.22. The maximum Gasteiger partial charge on any atom is 0.255 e. The molecule has 1 aliphatic rings. The number of benzene rings is 1. The van der Waals surface area contributed by atoms with E-state index in [0.29, 0.717) is 29.6 Å². The zero-order chi connectivity index (χ0) is 15.5. The van der Waals surface area contributed by atoms with Crippen LogP contribution in [-0.2, 0) is 0 Å². The van der Waals surface area contributed by atoms with Crippen LogP contribution in [0.4, 0.5) is 0 Å². The van der Waals surface area contributed by atoms with Gasteiger partial charge in [-0.05, 0) is 24.6 Å². The minimum atomic E-state index is -0.0476. The van der Waals surface area contributed by atoms with Gasteiger partial charge in [-0.2, -0.15) is 0 Å². The SMILES string of the molecule is Cc1ccc(OC2CCN(C(=O)c3ccccc3Cl)C2)nc1. The number of carbonyl (C=O) groups is 1. The Morgan fingerprint density at radius 3 is 2.86 bits per heavy atom. The molecule has 0 N–H and O–H groups in total. The minimum Gasteiger partial charge on any atom is -0.472 e. The molecule has 1 aromatic carbocycles. The van der Waals surface area contributed by atoms with Crippen molar-refractivity contribution in [1.29, 1.82) is 0 Å². The van der Waals surface area contributed by atoms with Crippen LogP contribution in [0, 0.1) is 6.92 Å². The summed E-state index contributed by atoms with van der Waals surface area (Å²) >= 11 is 6.09. The number of amides is 1. The summed E-state index contributed by atoms with van der Waals surface area (Å²) < 4.78 is 5.84. The lowest BCUT2D eigenvalue weighted by Gasteiger charge is -2.17. The summed E-state index contributed by atoms with van der Waals surface area (Å²) in [6.07, 6.45) is 2.55. The molecule has 1 atom stereocenters. The first kappa shape index (κ1) is 14.9. The van der Waals surface area contributed by atoms with Crippen LogP contribution in [0.1, 0.15) is 22.3 Å². The van der Waals surface area contributed by atoms with Crippen LogP contribution < -0.4 is 4.74 Å². The molecular weight excluding hydrogens is 300 g/mol. The summed E-state index contributed by atoms with van der Waals surface area (Å²) in [7, 11) is 0. The first-order valence-corrected chi connectivity index (χ1v) is 7.64. The molecular formula is C17H17ClN2O2. The lowest BCUT2D eigenvalue weighted by molar-refractivity contribution is 0.0771. The normalized spacial score (nSPS) is 17.5. The lowest BCUT2D eigenvalue weighted by Crippen LogP contribution is -2.31. The third-order valence-corrected chi connectivity index (χ3v) is 4.04. The average Bonchev–Trinajstić information content (AvgIpc) is 2.98. The van der Waals surface area contributed by atoms with Gasteiger partial charge in [0.25, 0.3) is 5.91 Å². The zero-order valence-electron chi connectivity index (χ0n) is 12.3. The van der Waals surface area contributed by atoms with Crippen molar-refractivity contribution in [3.8, 4) is 5.88 Å². The van der Waals surface area contributed by atoms with Gasteiger partial charge in [0.1, 0.15) is 6.10 Å². The van der Waals surface area contributed by atoms with E-state index in [0.717, 1.165) is 12.0 Å². The molecule has 3 rings (SSSR count). The Bertz CT molecular complexity index is 673. The van der Waals surface area contributed by atoms with Crippen LogP contribution in [0.15, 0.2) is 42.6 Å². The predicted octanol–water partition coefficient (Wildman–Crippen LogP) is 3.34. The molecule has 0 bridgehead atoms. The van der Waals surface area contributed by atoms with E-state index >= 15 is 0 Å². The zero-order valence-corrected chi connectivity index (χ0v) is 13.1. The van der Waals surface area contributed by atoms with Crippen LogP contribution in [0.5, 0.6) is 5.88 Å². The molecule has 5 heteroatoms. The van der Waals surface area contributed by atoms with Crippen LogP contribution >= 0.6 is 11.6 Å². The predicted molar refractivity (Wildman–Crippen MR) is 85.4 cm³/mol. The number of carbonyl (C=O) groups excluding carboxylic acids is 1. The van der Waals surface area contributed by atoms with Gasteiger partial charge in [-0.25, -0.2) is 4.98 Å². The molecule has 4 nitrogen and oxygen atoms in total. The van der Waals surface area contributed by atoms with Crippen LogP contribution in [-0.4, -0.2) is 35.0 Å². The van der Waals surface area contributed by atoms with Crippen molar-refractivity contribution in [2.45, 2.75) is 19.4 Å². The van der Waals surface area contributed by atoms with Crippen LogP contribution in [0.3, 0.4) is 0 Å². The van der Waals surface area contributed by atoms with Crippen molar-refractivity contribution in [2.75, 3.05) is 13.1 Å². The number of aryl methyl sites for hydroxylation is 1. The van der Waals surface area contributed by atoms with Crippen molar-refractivity contribution in [1.82, 2.24) is 9.88 Å². The second kappa shape index (κ2) is 6.36. The fraction of sp³-hybridized carbons (Fsp3) is 0.294.